The van der Waals surface area contributed by atoms with E-state index in [1.54, 1.807) is 0 Å². The largest absolute Gasteiger partial charge is 0.412 e. The fourth-order valence-electron chi connectivity index (χ4n) is 0. The summed E-state index contributed by atoms with van der Waals surface area (Å²) in [6.07, 6.45) is 0. The second-order valence-corrected chi connectivity index (χ2v) is 1.34. The lowest BCUT2D eigenvalue weighted by Crippen LogP contribution is -1.89. The van der Waals surface area contributed by atoms with Crippen molar-refractivity contribution in [2.75, 3.05) is 0 Å². The van der Waals surface area contributed by atoms with Gasteiger partial charge in [0.2, 0.25) is 0 Å². The second-order valence-electron chi connectivity index (χ2n) is 0.448. The molecule has 8 nitrogen and oxygen atoms in total. The number of hydrogen-bond donors (Lipinski definition) is 2. The van der Waals surface area contributed by atoms with E-state index in [2.05, 4.69) is 0 Å². The first-order chi connectivity index (χ1) is 2.00. The van der Waals surface area contributed by atoms with E-state index in [9.17, 15) is 0 Å². The minimum Gasteiger partial charge on any atom is -0.412 e. The average Bonchev–Trinajstić information content (AvgIpc) is 0.722. The van der Waals surface area contributed by atoms with Gasteiger partial charge >= 0.3 is 10.4 Å². The molecule has 0 amide bonds. The zero-order chi connectivity index (χ0) is 4.50. The molecule has 0 aliphatic heterocycles. The number of hydrogen-bond acceptors (Lipinski definition) is 2. The maximum absolute atomic E-state index is 8.74. The summed E-state index contributed by atoms with van der Waals surface area (Å²) in [6.45, 7) is 0. The zero-order valence-electron chi connectivity index (χ0n) is 4.12. The minimum atomic E-state index is -4.67. The molecule has 0 saturated carbocycles. The molecule has 64 valence electrons. The highest BCUT2D eigenvalue weighted by atomic mass is 32.3. The van der Waals surface area contributed by atoms with Crippen molar-refractivity contribution in [3.63, 3.8) is 0 Å². The second kappa shape index (κ2) is 10.6. The van der Waals surface area contributed by atoms with E-state index in [4.69, 9.17) is 17.5 Å². The van der Waals surface area contributed by atoms with Crippen molar-refractivity contribution >= 4 is 10.4 Å². The molecule has 0 heterocycles. The Kier molecular flexibility index (Phi) is 44.5. The van der Waals surface area contributed by atoms with E-state index >= 15 is 0 Å². The fourth-order valence-corrected chi connectivity index (χ4v) is 0. The summed E-state index contributed by atoms with van der Waals surface area (Å²) in [5.74, 6) is 0. The third-order valence-electron chi connectivity index (χ3n) is 0. The Morgan fingerprint density at radius 3 is 0.778 bits per heavy atom. The Morgan fingerprint density at radius 1 is 0.778 bits per heavy atom. The fraction of sp³-hybridized carbons (Fsp3) is 0. The minimum absolute atomic E-state index is 0. The molecule has 0 aliphatic carbocycles. The van der Waals surface area contributed by atoms with Crippen molar-refractivity contribution in [3.05, 3.63) is 0 Å². The van der Waals surface area contributed by atoms with Crippen molar-refractivity contribution in [1.29, 1.82) is 0 Å². The molecule has 0 fully saturated rings. The lowest BCUT2D eigenvalue weighted by molar-refractivity contribution is 0.381. The Balaban J connectivity index is -0.0000000133. The predicted octanol–water partition coefficient (Wildman–Crippen LogP) is -3.95. The van der Waals surface area contributed by atoms with Crippen LogP contribution in [0.2, 0.25) is 0 Å². The molecule has 10 N–H and O–H groups in total. The summed E-state index contributed by atoms with van der Waals surface area (Å²) in [4.78, 5) is 0. The highest BCUT2D eigenvalue weighted by Gasteiger charge is 1.84. The summed E-state index contributed by atoms with van der Waals surface area (Å²) < 4.78 is 31.6. The van der Waals surface area contributed by atoms with Crippen molar-refractivity contribution in [3.8, 4) is 0 Å². The summed E-state index contributed by atoms with van der Waals surface area (Å²) in [6, 6.07) is 0. The van der Waals surface area contributed by atoms with Gasteiger partial charge in [0.15, 0.2) is 0 Å². The van der Waals surface area contributed by atoms with Crippen LogP contribution in [-0.2, 0) is 10.4 Å². The van der Waals surface area contributed by atoms with Gasteiger partial charge in [-0.2, -0.15) is 8.42 Å². The van der Waals surface area contributed by atoms with Gasteiger partial charge in [0.25, 0.3) is 0 Å². The van der Waals surface area contributed by atoms with Gasteiger partial charge in [-0.25, -0.2) is 0 Å². The number of rotatable bonds is 0. The SMILES string of the molecule is O.O.O.O.O=S(=O)(O)O. The highest BCUT2D eigenvalue weighted by Crippen LogP contribution is 1.59. The zero-order valence-corrected chi connectivity index (χ0v) is 4.94. The quantitative estimate of drug-likeness (QED) is 0.349. The molecule has 0 saturated heterocycles. The highest BCUT2D eigenvalue weighted by molar-refractivity contribution is 7.79. The van der Waals surface area contributed by atoms with Crippen LogP contribution in [0.25, 0.3) is 0 Å². The first-order valence-corrected chi connectivity index (χ1v) is 2.10. The molecule has 0 aromatic heterocycles. The van der Waals surface area contributed by atoms with E-state index in [0.717, 1.165) is 0 Å². The molecule has 0 spiro atoms. The van der Waals surface area contributed by atoms with Gasteiger partial charge in [0, 0.05) is 0 Å². The topological polar surface area (TPSA) is 201 Å². The Labute approximate surface area is 50.9 Å². The van der Waals surface area contributed by atoms with Gasteiger partial charge in [-0.05, 0) is 0 Å². The van der Waals surface area contributed by atoms with Crippen LogP contribution in [0.5, 0.6) is 0 Å². The van der Waals surface area contributed by atoms with Crippen molar-refractivity contribution < 1.29 is 39.4 Å². The van der Waals surface area contributed by atoms with Gasteiger partial charge in [-0.15, -0.1) is 0 Å². The van der Waals surface area contributed by atoms with Gasteiger partial charge in [0.05, 0.1) is 0 Å². The molecule has 0 atom stereocenters. The predicted molar refractivity (Wildman–Crippen MR) is 28.6 cm³/mol. The van der Waals surface area contributed by atoms with Crippen LogP contribution in [0.15, 0.2) is 0 Å². The molecule has 0 bridgehead atoms. The van der Waals surface area contributed by atoms with Crippen molar-refractivity contribution in [2.24, 2.45) is 0 Å². The summed E-state index contributed by atoms with van der Waals surface area (Å²) in [7, 11) is -4.67. The van der Waals surface area contributed by atoms with Crippen LogP contribution in [0.3, 0.4) is 0 Å². The molecule has 0 aliphatic rings. The molecular weight excluding hydrogens is 160 g/mol. The summed E-state index contributed by atoms with van der Waals surface area (Å²) >= 11 is 0. The average molecular weight is 170 g/mol. The molecular formula is H10O8S. The lowest BCUT2D eigenvalue weighted by Gasteiger charge is -1.68. The maximum atomic E-state index is 8.74. The molecule has 9 heavy (non-hydrogen) atoms. The third-order valence-corrected chi connectivity index (χ3v) is 0. The first-order valence-electron chi connectivity index (χ1n) is 0.698. The Bertz CT molecular complexity index is 87.7. The van der Waals surface area contributed by atoms with Crippen LogP contribution in [0, 0.1) is 0 Å². The maximum Gasteiger partial charge on any atom is 0.394 e. The molecule has 0 unspecified atom stereocenters. The first kappa shape index (κ1) is 37.6. The van der Waals surface area contributed by atoms with E-state index in [1.807, 2.05) is 0 Å². The third kappa shape index (κ3) is 2990. The van der Waals surface area contributed by atoms with E-state index in [0.29, 0.717) is 0 Å². The Morgan fingerprint density at radius 2 is 0.778 bits per heavy atom. The smallest absolute Gasteiger partial charge is 0.394 e. The Hall–Kier alpha value is -0.290. The summed E-state index contributed by atoms with van der Waals surface area (Å²) in [5.41, 5.74) is 0. The van der Waals surface area contributed by atoms with Crippen LogP contribution >= 0.6 is 0 Å². The van der Waals surface area contributed by atoms with Gasteiger partial charge in [-0.3, -0.25) is 9.11 Å². The molecule has 0 aromatic rings. The van der Waals surface area contributed by atoms with Crippen LogP contribution in [-0.4, -0.2) is 39.4 Å². The normalized spacial score (nSPS) is 6.44. The molecule has 0 radical (unpaired) electrons. The monoisotopic (exact) mass is 170 g/mol. The van der Waals surface area contributed by atoms with E-state index in [1.165, 1.54) is 0 Å². The van der Waals surface area contributed by atoms with Gasteiger partial charge in [0.1, 0.15) is 0 Å². The van der Waals surface area contributed by atoms with Gasteiger partial charge < -0.3 is 21.9 Å². The molecule has 0 rings (SSSR count). The van der Waals surface area contributed by atoms with Gasteiger partial charge in [-0.1, -0.05) is 0 Å². The van der Waals surface area contributed by atoms with E-state index in [-0.39, 0.29) is 21.9 Å². The van der Waals surface area contributed by atoms with Crippen LogP contribution < -0.4 is 0 Å². The lowest BCUT2D eigenvalue weighted by atomic mass is 15.8. The van der Waals surface area contributed by atoms with Crippen molar-refractivity contribution in [2.45, 2.75) is 0 Å². The standard InChI is InChI=1S/H2O4S.4H2O/c1-5(2,3)4;;;;/h(H2,1,2,3,4);4*1H2. The van der Waals surface area contributed by atoms with Crippen LogP contribution in [0.4, 0.5) is 0 Å². The van der Waals surface area contributed by atoms with Crippen molar-refractivity contribution in [1.82, 2.24) is 0 Å². The van der Waals surface area contributed by atoms with E-state index < -0.39 is 10.4 Å². The van der Waals surface area contributed by atoms with Crippen LogP contribution in [0.1, 0.15) is 0 Å². The molecule has 0 aromatic carbocycles. The molecule has 9 heteroatoms. The summed E-state index contributed by atoms with van der Waals surface area (Å²) in [5, 5.41) is 0.